The lowest BCUT2D eigenvalue weighted by atomic mass is 10.2. The summed E-state index contributed by atoms with van der Waals surface area (Å²) < 4.78 is 5.53. The van der Waals surface area contributed by atoms with Crippen LogP contribution < -0.4 is 10.6 Å². The van der Waals surface area contributed by atoms with E-state index in [2.05, 4.69) is 25.7 Å². The Morgan fingerprint density at radius 3 is 2.91 bits per heavy atom. The van der Waals surface area contributed by atoms with E-state index in [-0.39, 0.29) is 12.1 Å². The summed E-state index contributed by atoms with van der Waals surface area (Å²) in [6.45, 7) is 4.41. The maximum Gasteiger partial charge on any atom is 0.321 e. The molecule has 22 heavy (non-hydrogen) atoms. The Morgan fingerprint density at radius 2 is 2.27 bits per heavy atom. The molecule has 8 heteroatoms. The maximum absolute atomic E-state index is 12.0. The van der Waals surface area contributed by atoms with Crippen LogP contribution in [-0.4, -0.2) is 40.8 Å². The zero-order valence-electron chi connectivity index (χ0n) is 12.4. The summed E-state index contributed by atoms with van der Waals surface area (Å²) in [7, 11) is 0. The predicted octanol–water partition coefficient (Wildman–Crippen LogP) is 2.40. The molecule has 2 amide bonds. The van der Waals surface area contributed by atoms with Gasteiger partial charge in [0, 0.05) is 6.54 Å². The van der Waals surface area contributed by atoms with E-state index in [0.717, 1.165) is 23.9 Å². The highest BCUT2D eigenvalue weighted by Crippen LogP contribution is 2.24. The van der Waals surface area contributed by atoms with Crippen LogP contribution in [0.4, 0.5) is 9.93 Å². The van der Waals surface area contributed by atoms with Gasteiger partial charge in [0.05, 0.1) is 12.3 Å². The number of urea groups is 1. The van der Waals surface area contributed by atoms with Gasteiger partial charge < -0.3 is 9.73 Å². The van der Waals surface area contributed by atoms with Gasteiger partial charge >= 0.3 is 6.03 Å². The lowest BCUT2D eigenvalue weighted by Gasteiger charge is -2.25. The molecule has 0 radical (unpaired) electrons. The number of nitrogens with one attached hydrogen (secondary N) is 2. The predicted molar refractivity (Wildman–Crippen MR) is 83.9 cm³/mol. The number of amides is 2. The molecular formula is C14H19N5O2S. The third-order valence-electron chi connectivity index (χ3n) is 3.66. The summed E-state index contributed by atoms with van der Waals surface area (Å²) in [5.74, 6) is 0.883. The maximum atomic E-state index is 12.0. The number of hydrogen-bond acceptors (Lipinski definition) is 6. The SMILES string of the molecule is Cc1nnc(NC(=O)NCC(c2ccco2)N2CCCC2)s1. The van der Waals surface area contributed by atoms with Crippen LogP contribution in [0.2, 0.25) is 0 Å². The van der Waals surface area contributed by atoms with Gasteiger partial charge in [0.1, 0.15) is 10.8 Å². The fraction of sp³-hybridized carbons (Fsp3) is 0.500. The van der Waals surface area contributed by atoms with Gasteiger partial charge in [0.15, 0.2) is 0 Å². The Balaban J connectivity index is 1.57. The molecule has 3 heterocycles. The van der Waals surface area contributed by atoms with E-state index in [1.54, 1.807) is 6.26 Å². The van der Waals surface area contributed by atoms with Gasteiger partial charge in [-0.1, -0.05) is 11.3 Å². The molecule has 1 aliphatic heterocycles. The minimum atomic E-state index is -0.271. The number of nitrogens with zero attached hydrogens (tertiary/aromatic N) is 3. The van der Waals surface area contributed by atoms with Crippen molar-refractivity contribution in [2.75, 3.05) is 25.0 Å². The largest absolute Gasteiger partial charge is 0.468 e. The standard InChI is InChI=1S/C14H19N5O2S/c1-10-17-18-14(22-10)16-13(20)15-9-11(12-5-4-8-21-12)19-6-2-3-7-19/h4-5,8,11H,2-3,6-7,9H2,1H3,(H2,15,16,18,20). The zero-order valence-corrected chi connectivity index (χ0v) is 13.2. The van der Waals surface area contributed by atoms with Crippen molar-refractivity contribution in [1.29, 1.82) is 0 Å². The number of carbonyl (C=O) groups is 1. The Hall–Kier alpha value is -1.93. The number of likely N-dealkylation sites (tertiary alicyclic amines) is 1. The minimum Gasteiger partial charge on any atom is -0.468 e. The fourth-order valence-corrected chi connectivity index (χ4v) is 3.21. The molecule has 0 bridgehead atoms. The third kappa shape index (κ3) is 3.63. The van der Waals surface area contributed by atoms with Crippen molar-refractivity contribution < 1.29 is 9.21 Å². The Kier molecular flexibility index (Phi) is 4.69. The van der Waals surface area contributed by atoms with Gasteiger partial charge in [-0.05, 0) is 45.0 Å². The number of rotatable bonds is 5. The molecule has 7 nitrogen and oxygen atoms in total. The van der Waals surface area contributed by atoms with Gasteiger partial charge in [0.2, 0.25) is 5.13 Å². The number of aromatic nitrogens is 2. The quantitative estimate of drug-likeness (QED) is 0.883. The van der Waals surface area contributed by atoms with E-state index >= 15 is 0 Å². The smallest absolute Gasteiger partial charge is 0.321 e. The normalized spacial score (nSPS) is 16.6. The average molecular weight is 321 g/mol. The summed E-state index contributed by atoms with van der Waals surface area (Å²) in [5, 5.41) is 14.7. The van der Waals surface area contributed by atoms with E-state index in [9.17, 15) is 4.79 Å². The van der Waals surface area contributed by atoms with Crippen LogP contribution in [-0.2, 0) is 0 Å². The summed E-state index contributed by atoms with van der Waals surface area (Å²) in [6, 6.07) is 3.63. The highest BCUT2D eigenvalue weighted by atomic mass is 32.1. The van der Waals surface area contributed by atoms with Crippen LogP contribution >= 0.6 is 11.3 Å². The first-order chi connectivity index (χ1) is 10.7. The Bertz CT molecular complexity index is 607. The molecule has 1 aliphatic rings. The molecule has 1 unspecified atom stereocenters. The van der Waals surface area contributed by atoms with E-state index < -0.39 is 0 Å². The molecule has 3 rings (SSSR count). The number of hydrogen-bond donors (Lipinski definition) is 2. The number of aryl methyl sites for hydroxylation is 1. The topological polar surface area (TPSA) is 83.3 Å². The monoisotopic (exact) mass is 321 g/mol. The first-order valence-electron chi connectivity index (χ1n) is 7.35. The Morgan fingerprint density at radius 1 is 1.45 bits per heavy atom. The molecule has 0 aliphatic carbocycles. The fourth-order valence-electron chi connectivity index (χ4n) is 2.62. The summed E-state index contributed by atoms with van der Waals surface area (Å²) >= 11 is 1.35. The molecule has 0 spiro atoms. The second-order valence-electron chi connectivity index (χ2n) is 5.24. The second-order valence-corrected chi connectivity index (χ2v) is 6.42. The molecule has 1 saturated heterocycles. The molecule has 0 aromatic carbocycles. The molecule has 2 aromatic heterocycles. The lowest BCUT2D eigenvalue weighted by Crippen LogP contribution is -2.38. The van der Waals surface area contributed by atoms with E-state index in [0.29, 0.717) is 11.7 Å². The van der Waals surface area contributed by atoms with Crippen LogP contribution in [0.3, 0.4) is 0 Å². The highest BCUT2D eigenvalue weighted by molar-refractivity contribution is 7.15. The van der Waals surface area contributed by atoms with Crippen LogP contribution in [0, 0.1) is 6.92 Å². The van der Waals surface area contributed by atoms with E-state index in [1.165, 1.54) is 24.2 Å². The van der Waals surface area contributed by atoms with Crippen LogP contribution in [0.15, 0.2) is 22.8 Å². The van der Waals surface area contributed by atoms with Gasteiger partial charge in [-0.25, -0.2) is 4.79 Å². The van der Waals surface area contributed by atoms with Crippen molar-refractivity contribution in [1.82, 2.24) is 20.4 Å². The Labute approximate surface area is 132 Å². The van der Waals surface area contributed by atoms with Crippen molar-refractivity contribution in [2.45, 2.75) is 25.8 Å². The summed E-state index contributed by atoms with van der Waals surface area (Å²) in [6.07, 6.45) is 4.05. The number of carbonyl (C=O) groups excluding carboxylic acids is 1. The van der Waals surface area contributed by atoms with Crippen molar-refractivity contribution in [3.05, 3.63) is 29.2 Å². The van der Waals surface area contributed by atoms with Gasteiger partial charge in [-0.3, -0.25) is 10.2 Å². The molecule has 118 valence electrons. The molecule has 1 fully saturated rings. The molecule has 2 aromatic rings. The highest BCUT2D eigenvalue weighted by Gasteiger charge is 2.25. The van der Waals surface area contributed by atoms with Crippen molar-refractivity contribution in [3.63, 3.8) is 0 Å². The van der Waals surface area contributed by atoms with Crippen molar-refractivity contribution >= 4 is 22.5 Å². The number of furan rings is 1. The first kappa shape index (κ1) is 15.0. The lowest BCUT2D eigenvalue weighted by molar-refractivity contribution is 0.207. The average Bonchev–Trinajstić information content (AvgIpc) is 3.22. The third-order valence-corrected chi connectivity index (χ3v) is 4.41. The van der Waals surface area contributed by atoms with E-state index in [1.807, 2.05) is 19.1 Å². The van der Waals surface area contributed by atoms with E-state index in [4.69, 9.17) is 4.42 Å². The molecule has 2 N–H and O–H groups in total. The molecule has 0 saturated carbocycles. The van der Waals surface area contributed by atoms with Crippen LogP contribution in [0.1, 0.15) is 29.7 Å². The second kappa shape index (κ2) is 6.89. The minimum absolute atomic E-state index is 0.0689. The molecular weight excluding hydrogens is 302 g/mol. The summed E-state index contributed by atoms with van der Waals surface area (Å²) in [5.41, 5.74) is 0. The molecule has 1 atom stereocenters. The van der Waals surface area contributed by atoms with Crippen molar-refractivity contribution in [2.24, 2.45) is 0 Å². The number of anilines is 1. The van der Waals surface area contributed by atoms with Crippen LogP contribution in [0.25, 0.3) is 0 Å². The van der Waals surface area contributed by atoms with Crippen LogP contribution in [0.5, 0.6) is 0 Å². The van der Waals surface area contributed by atoms with Gasteiger partial charge in [0.25, 0.3) is 0 Å². The van der Waals surface area contributed by atoms with Crippen molar-refractivity contribution in [3.8, 4) is 0 Å². The first-order valence-corrected chi connectivity index (χ1v) is 8.16. The van der Waals surface area contributed by atoms with Gasteiger partial charge in [-0.2, -0.15) is 0 Å². The van der Waals surface area contributed by atoms with Gasteiger partial charge in [-0.15, -0.1) is 10.2 Å². The zero-order chi connectivity index (χ0) is 15.4. The summed E-state index contributed by atoms with van der Waals surface area (Å²) in [4.78, 5) is 14.3.